The van der Waals surface area contributed by atoms with E-state index in [0.29, 0.717) is 17.4 Å². The number of hydrogen-bond acceptors (Lipinski definition) is 2. The van der Waals surface area contributed by atoms with E-state index in [4.69, 9.17) is 5.73 Å². The van der Waals surface area contributed by atoms with E-state index in [2.05, 4.69) is 18.7 Å². The Morgan fingerprint density at radius 2 is 1.94 bits per heavy atom. The number of nitrogens with two attached hydrogens (primary N) is 1. The summed E-state index contributed by atoms with van der Waals surface area (Å²) in [5.41, 5.74) is 7.04. The lowest BCUT2D eigenvalue weighted by molar-refractivity contribution is 0.356. The van der Waals surface area contributed by atoms with Gasteiger partial charge in [-0.15, -0.1) is 0 Å². The fourth-order valence-electron chi connectivity index (χ4n) is 2.77. The molecule has 1 saturated heterocycles. The molecule has 2 nitrogen and oxygen atoms in total. The van der Waals surface area contributed by atoms with E-state index in [1.807, 2.05) is 6.07 Å². The Morgan fingerprint density at radius 3 is 2.47 bits per heavy atom. The van der Waals surface area contributed by atoms with Crippen LogP contribution in [0.4, 0.5) is 10.1 Å². The molecule has 1 fully saturated rings. The summed E-state index contributed by atoms with van der Waals surface area (Å²) < 4.78 is 13.7. The third-order valence-electron chi connectivity index (χ3n) is 3.49. The van der Waals surface area contributed by atoms with Crippen molar-refractivity contribution in [2.75, 3.05) is 18.0 Å². The van der Waals surface area contributed by atoms with Gasteiger partial charge in [0.1, 0.15) is 5.82 Å². The summed E-state index contributed by atoms with van der Waals surface area (Å²) in [7, 11) is 0. The van der Waals surface area contributed by atoms with Crippen LogP contribution in [0.5, 0.6) is 0 Å². The second-order valence-corrected chi connectivity index (χ2v) is 5.33. The standard InChI is InChI=1S/C14H21FN2/c1-10-5-11(2)9-17(8-10)13-4-3-12(7-16)14(15)6-13/h3-4,6,10-11H,5,7-9,16H2,1-2H3. The summed E-state index contributed by atoms with van der Waals surface area (Å²) in [5.74, 6) is 1.17. The van der Waals surface area contributed by atoms with Gasteiger partial charge in [-0.05, 0) is 30.4 Å². The zero-order valence-electron chi connectivity index (χ0n) is 10.6. The summed E-state index contributed by atoms with van der Waals surface area (Å²) in [6.45, 7) is 6.82. The van der Waals surface area contributed by atoms with Crippen LogP contribution in [0.3, 0.4) is 0 Å². The number of halogens is 1. The van der Waals surface area contributed by atoms with Crippen LogP contribution in [0, 0.1) is 17.7 Å². The van der Waals surface area contributed by atoms with Crippen molar-refractivity contribution in [3.05, 3.63) is 29.6 Å². The third kappa shape index (κ3) is 2.78. The molecule has 2 unspecified atom stereocenters. The van der Waals surface area contributed by atoms with Crippen molar-refractivity contribution in [3.8, 4) is 0 Å². The van der Waals surface area contributed by atoms with Crippen molar-refractivity contribution >= 4 is 5.69 Å². The van der Waals surface area contributed by atoms with Crippen LogP contribution in [0.15, 0.2) is 18.2 Å². The topological polar surface area (TPSA) is 29.3 Å². The van der Waals surface area contributed by atoms with E-state index in [9.17, 15) is 4.39 Å². The zero-order chi connectivity index (χ0) is 12.4. The van der Waals surface area contributed by atoms with Crippen molar-refractivity contribution in [1.82, 2.24) is 0 Å². The number of hydrogen-bond donors (Lipinski definition) is 1. The minimum Gasteiger partial charge on any atom is -0.371 e. The van der Waals surface area contributed by atoms with E-state index in [1.54, 1.807) is 12.1 Å². The third-order valence-corrected chi connectivity index (χ3v) is 3.49. The Kier molecular flexibility index (Phi) is 3.67. The predicted molar refractivity (Wildman–Crippen MR) is 69.4 cm³/mol. The van der Waals surface area contributed by atoms with Gasteiger partial charge in [-0.1, -0.05) is 19.9 Å². The molecule has 0 aromatic heterocycles. The quantitative estimate of drug-likeness (QED) is 0.855. The molecule has 2 rings (SSSR count). The van der Waals surface area contributed by atoms with Crippen LogP contribution in [0.1, 0.15) is 25.8 Å². The molecule has 0 bridgehead atoms. The predicted octanol–water partition coefficient (Wildman–Crippen LogP) is 2.77. The van der Waals surface area contributed by atoms with Gasteiger partial charge < -0.3 is 10.6 Å². The molecule has 94 valence electrons. The van der Waals surface area contributed by atoms with Crippen LogP contribution in [-0.2, 0) is 6.54 Å². The SMILES string of the molecule is CC1CC(C)CN(c2ccc(CN)c(F)c2)C1. The molecule has 3 heteroatoms. The fourth-order valence-corrected chi connectivity index (χ4v) is 2.77. The van der Waals surface area contributed by atoms with Crippen molar-refractivity contribution in [3.63, 3.8) is 0 Å². The second kappa shape index (κ2) is 5.05. The van der Waals surface area contributed by atoms with E-state index in [-0.39, 0.29) is 12.4 Å². The molecule has 1 aromatic rings. The Balaban J connectivity index is 2.19. The maximum Gasteiger partial charge on any atom is 0.129 e. The summed E-state index contributed by atoms with van der Waals surface area (Å²) >= 11 is 0. The van der Waals surface area contributed by atoms with Gasteiger partial charge in [0.25, 0.3) is 0 Å². The smallest absolute Gasteiger partial charge is 0.129 e. The largest absolute Gasteiger partial charge is 0.371 e. The maximum atomic E-state index is 13.7. The van der Waals surface area contributed by atoms with Crippen molar-refractivity contribution in [2.24, 2.45) is 17.6 Å². The molecular formula is C14H21FN2. The molecular weight excluding hydrogens is 215 g/mol. The van der Waals surface area contributed by atoms with Crippen molar-refractivity contribution < 1.29 is 4.39 Å². The van der Waals surface area contributed by atoms with E-state index in [0.717, 1.165) is 18.8 Å². The number of benzene rings is 1. The van der Waals surface area contributed by atoms with Gasteiger partial charge in [-0.25, -0.2) is 4.39 Å². The highest BCUT2D eigenvalue weighted by molar-refractivity contribution is 5.48. The van der Waals surface area contributed by atoms with Gasteiger partial charge in [0, 0.05) is 30.9 Å². The minimum absolute atomic E-state index is 0.184. The zero-order valence-corrected chi connectivity index (χ0v) is 10.6. The molecule has 0 amide bonds. The molecule has 1 aliphatic heterocycles. The van der Waals surface area contributed by atoms with Crippen LogP contribution in [-0.4, -0.2) is 13.1 Å². The fraction of sp³-hybridized carbons (Fsp3) is 0.571. The highest BCUT2D eigenvalue weighted by Crippen LogP contribution is 2.27. The monoisotopic (exact) mass is 236 g/mol. The Hall–Kier alpha value is -1.09. The van der Waals surface area contributed by atoms with E-state index >= 15 is 0 Å². The summed E-state index contributed by atoms with van der Waals surface area (Å²) in [5, 5.41) is 0. The van der Waals surface area contributed by atoms with Crippen LogP contribution < -0.4 is 10.6 Å². The Labute approximate surface area is 103 Å². The molecule has 2 N–H and O–H groups in total. The molecule has 17 heavy (non-hydrogen) atoms. The van der Waals surface area contributed by atoms with Gasteiger partial charge in [0.05, 0.1) is 0 Å². The van der Waals surface area contributed by atoms with Gasteiger partial charge in [0.15, 0.2) is 0 Å². The first-order valence-electron chi connectivity index (χ1n) is 6.33. The first kappa shape index (κ1) is 12.4. The average molecular weight is 236 g/mol. The summed E-state index contributed by atoms with van der Waals surface area (Å²) in [4.78, 5) is 2.28. The number of rotatable bonds is 2. The Morgan fingerprint density at radius 1 is 1.29 bits per heavy atom. The van der Waals surface area contributed by atoms with Gasteiger partial charge in [-0.3, -0.25) is 0 Å². The number of nitrogens with zero attached hydrogens (tertiary/aromatic N) is 1. The van der Waals surface area contributed by atoms with Crippen molar-refractivity contribution in [1.29, 1.82) is 0 Å². The lowest BCUT2D eigenvalue weighted by atomic mass is 9.91. The lowest BCUT2D eigenvalue weighted by Gasteiger charge is -2.36. The van der Waals surface area contributed by atoms with Crippen molar-refractivity contribution in [2.45, 2.75) is 26.8 Å². The van der Waals surface area contributed by atoms with Crippen LogP contribution in [0.2, 0.25) is 0 Å². The molecule has 2 atom stereocenters. The number of piperidine rings is 1. The highest BCUT2D eigenvalue weighted by atomic mass is 19.1. The molecule has 0 spiro atoms. The lowest BCUT2D eigenvalue weighted by Crippen LogP contribution is -2.38. The van der Waals surface area contributed by atoms with E-state index < -0.39 is 0 Å². The highest BCUT2D eigenvalue weighted by Gasteiger charge is 2.22. The van der Waals surface area contributed by atoms with Gasteiger partial charge >= 0.3 is 0 Å². The maximum absolute atomic E-state index is 13.7. The summed E-state index contributed by atoms with van der Waals surface area (Å²) in [6, 6.07) is 5.40. The van der Waals surface area contributed by atoms with Gasteiger partial charge in [-0.2, -0.15) is 0 Å². The Bertz CT molecular complexity index is 382. The first-order chi connectivity index (χ1) is 8.10. The van der Waals surface area contributed by atoms with Crippen LogP contribution >= 0.6 is 0 Å². The molecule has 1 heterocycles. The first-order valence-corrected chi connectivity index (χ1v) is 6.33. The molecule has 1 aliphatic rings. The molecule has 0 saturated carbocycles. The molecule has 1 aromatic carbocycles. The second-order valence-electron chi connectivity index (χ2n) is 5.33. The summed E-state index contributed by atoms with van der Waals surface area (Å²) in [6.07, 6.45) is 1.26. The van der Waals surface area contributed by atoms with E-state index in [1.165, 1.54) is 6.42 Å². The number of anilines is 1. The van der Waals surface area contributed by atoms with Gasteiger partial charge in [0.2, 0.25) is 0 Å². The normalized spacial score (nSPS) is 25.1. The average Bonchev–Trinajstić information content (AvgIpc) is 2.27. The molecule has 0 aliphatic carbocycles. The minimum atomic E-state index is -0.184. The molecule has 0 radical (unpaired) electrons. The van der Waals surface area contributed by atoms with Crippen LogP contribution in [0.25, 0.3) is 0 Å².